The van der Waals surface area contributed by atoms with Gasteiger partial charge in [-0.1, -0.05) is 188 Å². The zero-order valence-corrected chi connectivity index (χ0v) is 37.4. The van der Waals surface area contributed by atoms with Crippen LogP contribution < -0.4 is 0 Å². The Hall–Kier alpha value is -1.18. The van der Waals surface area contributed by atoms with Crippen molar-refractivity contribution < 1.29 is 28.9 Å². The van der Waals surface area contributed by atoms with Crippen LogP contribution in [0.3, 0.4) is 0 Å². The molecule has 2 atom stereocenters. The van der Waals surface area contributed by atoms with Gasteiger partial charge in [0.05, 0.1) is 25.7 Å². The molecular formula is C48H95NO6. The minimum Gasteiger partial charge on any atom is -0.465 e. The molecule has 328 valence electrons. The molecule has 0 fully saturated rings. The van der Waals surface area contributed by atoms with E-state index in [9.17, 15) is 14.7 Å². The fourth-order valence-electron chi connectivity index (χ4n) is 7.47. The molecule has 0 aliphatic carbocycles. The van der Waals surface area contributed by atoms with Crippen molar-refractivity contribution >= 4 is 11.9 Å². The predicted octanol–water partition coefficient (Wildman–Crippen LogP) is 13.3. The maximum absolute atomic E-state index is 12.9. The van der Waals surface area contributed by atoms with Gasteiger partial charge in [0.15, 0.2) is 6.10 Å². The Morgan fingerprint density at radius 3 is 1.25 bits per heavy atom. The van der Waals surface area contributed by atoms with E-state index >= 15 is 0 Å². The Bertz CT molecular complexity index is 794. The van der Waals surface area contributed by atoms with Crippen molar-refractivity contribution in [2.75, 3.05) is 46.1 Å². The van der Waals surface area contributed by atoms with Crippen LogP contribution in [0.4, 0.5) is 0 Å². The van der Waals surface area contributed by atoms with E-state index in [4.69, 9.17) is 14.2 Å². The largest absolute Gasteiger partial charge is 0.465 e. The molecule has 0 spiro atoms. The van der Waals surface area contributed by atoms with Crippen molar-refractivity contribution in [3.8, 4) is 0 Å². The Balaban J connectivity index is 4.13. The van der Waals surface area contributed by atoms with Gasteiger partial charge >= 0.3 is 11.9 Å². The van der Waals surface area contributed by atoms with E-state index in [1.54, 1.807) is 0 Å². The minimum atomic E-state index is -0.411. The maximum Gasteiger partial charge on any atom is 0.335 e. The smallest absolute Gasteiger partial charge is 0.335 e. The van der Waals surface area contributed by atoms with E-state index in [0.717, 1.165) is 116 Å². The van der Waals surface area contributed by atoms with Crippen molar-refractivity contribution in [1.82, 2.24) is 4.90 Å². The first-order valence-electron chi connectivity index (χ1n) is 24.3. The van der Waals surface area contributed by atoms with Crippen molar-refractivity contribution in [1.29, 1.82) is 0 Å². The van der Waals surface area contributed by atoms with Crippen LogP contribution in [0, 0.1) is 5.92 Å². The lowest BCUT2D eigenvalue weighted by atomic mass is 9.94. The Morgan fingerprint density at radius 2 is 0.782 bits per heavy atom. The van der Waals surface area contributed by atoms with E-state index in [2.05, 4.69) is 32.6 Å². The molecule has 0 heterocycles. The lowest BCUT2D eigenvalue weighted by molar-refractivity contribution is -0.158. The highest BCUT2D eigenvalue weighted by Gasteiger charge is 2.21. The van der Waals surface area contributed by atoms with Gasteiger partial charge in [0, 0.05) is 13.2 Å². The van der Waals surface area contributed by atoms with Crippen LogP contribution in [0.25, 0.3) is 0 Å². The van der Waals surface area contributed by atoms with Crippen molar-refractivity contribution in [2.45, 2.75) is 246 Å². The number of carbonyl (C=O) groups is 2. The lowest BCUT2D eigenvalue weighted by Crippen LogP contribution is -2.29. The molecule has 0 aromatic carbocycles. The molecular weight excluding hydrogens is 687 g/mol. The normalized spacial score (nSPS) is 12.7. The van der Waals surface area contributed by atoms with Crippen LogP contribution in [0.2, 0.25) is 0 Å². The molecule has 0 saturated carbocycles. The quantitative estimate of drug-likeness (QED) is 0.0486. The van der Waals surface area contributed by atoms with Gasteiger partial charge in [-0.05, 0) is 64.5 Å². The summed E-state index contributed by atoms with van der Waals surface area (Å²) in [4.78, 5) is 28.1. The van der Waals surface area contributed by atoms with Crippen LogP contribution in [0.1, 0.15) is 240 Å². The number of carbonyl (C=O) groups excluding carboxylic acids is 2. The summed E-state index contributed by atoms with van der Waals surface area (Å²) in [5, 5.41) is 9.61. The highest BCUT2D eigenvalue weighted by molar-refractivity contribution is 5.74. The van der Waals surface area contributed by atoms with Gasteiger partial charge in [-0.2, -0.15) is 0 Å². The second-order valence-corrected chi connectivity index (χ2v) is 16.5. The van der Waals surface area contributed by atoms with E-state index in [1.165, 1.54) is 116 Å². The summed E-state index contributed by atoms with van der Waals surface area (Å²) in [6.07, 6.45) is 37.7. The molecule has 55 heavy (non-hydrogen) atoms. The van der Waals surface area contributed by atoms with Gasteiger partial charge in [-0.25, -0.2) is 4.79 Å². The highest BCUT2D eigenvalue weighted by Crippen LogP contribution is 2.21. The van der Waals surface area contributed by atoms with Crippen LogP contribution in [0.15, 0.2) is 0 Å². The van der Waals surface area contributed by atoms with Crippen LogP contribution >= 0.6 is 0 Å². The number of hydrogen-bond acceptors (Lipinski definition) is 7. The Kier molecular flexibility index (Phi) is 43.0. The van der Waals surface area contributed by atoms with E-state index in [1.807, 2.05) is 0 Å². The molecule has 0 saturated heterocycles. The van der Waals surface area contributed by atoms with Crippen molar-refractivity contribution in [2.24, 2.45) is 5.92 Å². The van der Waals surface area contributed by atoms with Gasteiger partial charge in [0.1, 0.15) is 0 Å². The van der Waals surface area contributed by atoms with Gasteiger partial charge in [-0.15, -0.1) is 0 Å². The molecule has 2 unspecified atom stereocenters. The summed E-state index contributed by atoms with van der Waals surface area (Å²) in [5.74, 6) is -0.0218. The van der Waals surface area contributed by atoms with Crippen LogP contribution in [-0.2, 0) is 23.8 Å². The summed E-state index contributed by atoms with van der Waals surface area (Å²) in [5.41, 5.74) is 0. The summed E-state index contributed by atoms with van der Waals surface area (Å²) in [6, 6.07) is 0. The number of ether oxygens (including phenoxy) is 3. The number of aliphatic hydroxyl groups is 1. The zero-order valence-electron chi connectivity index (χ0n) is 37.4. The average molecular weight is 782 g/mol. The summed E-state index contributed by atoms with van der Waals surface area (Å²) >= 11 is 0. The fraction of sp³-hybridized carbons (Fsp3) is 0.958. The molecule has 7 heteroatoms. The molecule has 0 aromatic rings. The molecule has 0 radical (unpaired) electrons. The number of nitrogens with zero attached hydrogens (tertiary/aromatic N) is 1. The first kappa shape index (κ1) is 53.8. The second-order valence-electron chi connectivity index (χ2n) is 16.5. The minimum absolute atomic E-state index is 0.0542. The standard InChI is InChI=1S/C48H95NO6/c1-5-9-13-17-21-28-36-45(35-27-15-11-7-3)47(51)54-43-33-25-20-19-22-30-38-49(40-41-50)39-31-23-26-34-44-55-48(52)46(37-29-16-12-8-4)53-42-32-24-18-14-10-6-2/h45-46,50H,5-44H2,1-4H3. The Morgan fingerprint density at radius 1 is 0.418 bits per heavy atom. The number of esters is 2. The zero-order chi connectivity index (χ0) is 40.3. The molecule has 0 bridgehead atoms. The summed E-state index contributed by atoms with van der Waals surface area (Å²) in [6.45, 7) is 13.6. The van der Waals surface area contributed by atoms with Gasteiger partial charge in [0.2, 0.25) is 0 Å². The maximum atomic E-state index is 12.9. The van der Waals surface area contributed by atoms with Crippen LogP contribution in [0.5, 0.6) is 0 Å². The van der Waals surface area contributed by atoms with Crippen molar-refractivity contribution in [3.05, 3.63) is 0 Å². The fourth-order valence-corrected chi connectivity index (χ4v) is 7.47. The first-order valence-corrected chi connectivity index (χ1v) is 24.3. The van der Waals surface area contributed by atoms with Gasteiger partial charge in [0.25, 0.3) is 0 Å². The monoisotopic (exact) mass is 782 g/mol. The molecule has 1 N–H and O–H groups in total. The third-order valence-corrected chi connectivity index (χ3v) is 11.2. The van der Waals surface area contributed by atoms with Crippen molar-refractivity contribution in [3.63, 3.8) is 0 Å². The van der Waals surface area contributed by atoms with Gasteiger partial charge in [-0.3, -0.25) is 4.79 Å². The number of rotatable bonds is 45. The number of unbranched alkanes of at least 4 members (excludes halogenated alkanes) is 24. The molecule has 0 rings (SSSR count). The van der Waals surface area contributed by atoms with E-state index in [0.29, 0.717) is 19.8 Å². The third kappa shape index (κ3) is 36.9. The predicted molar refractivity (Wildman–Crippen MR) is 234 cm³/mol. The molecule has 0 aliphatic heterocycles. The average Bonchev–Trinajstić information content (AvgIpc) is 3.19. The van der Waals surface area contributed by atoms with E-state index < -0.39 is 6.10 Å². The molecule has 0 amide bonds. The third-order valence-electron chi connectivity index (χ3n) is 11.2. The lowest BCUT2D eigenvalue weighted by Gasteiger charge is -2.21. The molecule has 0 aliphatic rings. The van der Waals surface area contributed by atoms with Crippen LogP contribution in [-0.4, -0.2) is 74.1 Å². The second kappa shape index (κ2) is 43.9. The Labute approximate surface area is 342 Å². The summed E-state index contributed by atoms with van der Waals surface area (Å²) in [7, 11) is 0. The highest BCUT2D eigenvalue weighted by atomic mass is 16.6. The topological polar surface area (TPSA) is 85.3 Å². The number of aliphatic hydroxyl groups excluding tert-OH is 1. The molecule has 7 nitrogen and oxygen atoms in total. The van der Waals surface area contributed by atoms with Gasteiger partial charge < -0.3 is 24.2 Å². The molecule has 0 aromatic heterocycles. The number of hydrogen-bond donors (Lipinski definition) is 1. The first-order chi connectivity index (χ1) is 27.0. The summed E-state index contributed by atoms with van der Waals surface area (Å²) < 4.78 is 17.5. The SMILES string of the molecule is CCCCCCCCOC(CCCCCC)C(=O)OCCCCCCN(CCO)CCCCCCCCOC(=O)C(CCCCCC)CCCCCCCC. The van der Waals surface area contributed by atoms with E-state index in [-0.39, 0.29) is 24.5 Å².